The van der Waals surface area contributed by atoms with E-state index in [1.54, 1.807) is 0 Å². The summed E-state index contributed by atoms with van der Waals surface area (Å²) in [5.74, 6) is -5.56. The van der Waals surface area contributed by atoms with E-state index in [-0.39, 0.29) is 0 Å². The lowest BCUT2D eigenvalue weighted by Gasteiger charge is -2.13. The maximum absolute atomic E-state index is 11.9. The summed E-state index contributed by atoms with van der Waals surface area (Å²) in [6, 6.07) is 0. The zero-order valence-electron chi connectivity index (χ0n) is 4.27. The van der Waals surface area contributed by atoms with Crippen molar-refractivity contribution in [2.45, 2.75) is 12.2 Å². The van der Waals surface area contributed by atoms with Gasteiger partial charge >= 0.3 is 0 Å². The molecule has 54 valence electrons. The van der Waals surface area contributed by atoms with Crippen LogP contribution in [0.1, 0.15) is 0 Å². The number of alkyl halides is 3. The molecule has 3 nitrogen and oxygen atoms in total. The van der Waals surface area contributed by atoms with Crippen LogP contribution in [0.5, 0.6) is 0 Å². The van der Waals surface area contributed by atoms with E-state index >= 15 is 0 Å². The van der Waals surface area contributed by atoms with Crippen molar-refractivity contribution in [1.82, 2.24) is 0 Å². The first-order valence-corrected chi connectivity index (χ1v) is 1.95. The summed E-state index contributed by atoms with van der Waals surface area (Å²) in [5.41, 5.74) is 8.26. The van der Waals surface area contributed by atoms with Gasteiger partial charge in [0.2, 0.25) is 0 Å². The van der Waals surface area contributed by atoms with Gasteiger partial charge in [0.1, 0.15) is 0 Å². The van der Waals surface area contributed by atoms with Crippen molar-refractivity contribution in [2.75, 3.05) is 0 Å². The predicted octanol–water partition coefficient (Wildman–Crippen LogP) is -0.639. The molecule has 6 heteroatoms. The van der Waals surface area contributed by atoms with Crippen LogP contribution in [0.15, 0.2) is 0 Å². The molecular weight excluding hydrogens is 137 g/mol. The quantitative estimate of drug-likeness (QED) is 0.503. The number of hydrogen-bond acceptors (Lipinski definition) is 2. The Hall–Kier alpha value is -0.780. The molecule has 0 aliphatic rings. The topological polar surface area (TPSA) is 69.1 Å². The van der Waals surface area contributed by atoms with E-state index in [9.17, 15) is 18.0 Å². The Kier molecular flexibility index (Phi) is 2.03. The van der Waals surface area contributed by atoms with Crippen LogP contribution in [0.25, 0.3) is 0 Å². The van der Waals surface area contributed by atoms with E-state index in [1.165, 1.54) is 0 Å². The molecule has 4 N–H and O–H groups in total. The lowest BCUT2D eigenvalue weighted by molar-refractivity contribution is -0.139. The molecule has 0 aromatic heterocycles. The maximum atomic E-state index is 11.9. The van der Waals surface area contributed by atoms with Gasteiger partial charge in [-0.25, -0.2) is 13.2 Å². The standard InChI is InChI=1S/C3H5F3N2O/c4-1(5)3(6,8)2(7)9/h1H,8H2,(H2,7,9). The Bertz CT molecular complexity index is 124. The monoisotopic (exact) mass is 142 g/mol. The highest BCUT2D eigenvalue weighted by molar-refractivity contribution is 5.82. The van der Waals surface area contributed by atoms with Gasteiger partial charge in [0.15, 0.2) is 0 Å². The number of amides is 1. The normalized spacial score (nSPS) is 17.4. The van der Waals surface area contributed by atoms with Crippen LogP contribution in [-0.4, -0.2) is 18.1 Å². The van der Waals surface area contributed by atoms with Gasteiger partial charge in [-0.3, -0.25) is 10.5 Å². The van der Waals surface area contributed by atoms with Crippen molar-refractivity contribution in [1.29, 1.82) is 0 Å². The third-order valence-electron chi connectivity index (χ3n) is 0.695. The van der Waals surface area contributed by atoms with Gasteiger partial charge in [0.05, 0.1) is 0 Å². The Morgan fingerprint density at radius 1 is 1.56 bits per heavy atom. The third-order valence-corrected chi connectivity index (χ3v) is 0.695. The Balaban J connectivity index is 4.19. The van der Waals surface area contributed by atoms with Gasteiger partial charge < -0.3 is 5.73 Å². The van der Waals surface area contributed by atoms with Crippen LogP contribution < -0.4 is 11.5 Å². The largest absolute Gasteiger partial charge is 0.365 e. The first-order valence-electron chi connectivity index (χ1n) is 1.95. The first-order chi connectivity index (χ1) is 3.89. The highest BCUT2D eigenvalue weighted by atomic mass is 19.3. The summed E-state index contributed by atoms with van der Waals surface area (Å²) in [7, 11) is 0. The number of nitrogens with two attached hydrogens (primary N) is 2. The fourth-order valence-corrected chi connectivity index (χ4v) is 0.108. The number of rotatable bonds is 2. The highest BCUT2D eigenvalue weighted by Crippen LogP contribution is 2.12. The molecule has 0 radical (unpaired) electrons. The van der Waals surface area contributed by atoms with Crippen molar-refractivity contribution >= 4 is 5.91 Å². The van der Waals surface area contributed by atoms with Crippen LogP contribution in [0.2, 0.25) is 0 Å². The molecule has 0 saturated heterocycles. The predicted molar refractivity (Wildman–Crippen MR) is 23.2 cm³/mol. The molecular formula is C3H5F3N2O. The zero-order chi connectivity index (χ0) is 7.65. The Labute approximate surface area is 48.8 Å². The van der Waals surface area contributed by atoms with Gasteiger partial charge in [0.25, 0.3) is 18.1 Å². The van der Waals surface area contributed by atoms with Gasteiger partial charge in [0, 0.05) is 0 Å². The highest BCUT2D eigenvalue weighted by Gasteiger charge is 2.42. The lowest BCUT2D eigenvalue weighted by atomic mass is 10.3. The van der Waals surface area contributed by atoms with Crippen LogP contribution >= 0.6 is 0 Å². The van der Waals surface area contributed by atoms with Gasteiger partial charge in [-0.1, -0.05) is 0 Å². The van der Waals surface area contributed by atoms with Gasteiger partial charge in [-0.05, 0) is 0 Å². The number of hydrogen-bond donors (Lipinski definition) is 2. The molecule has 1 unspecified atom stereocenters. The smallest absolute Gasteiger partial charge is 0.298 e. The summed E-state index contributed by atoms with van der Waals surface area (Å²) >= 11 is 0. The Morgan fingerprint density at radius 3 is 1.89 bits per heavy atom. The molecule has 0 aliphatic heterocycles. The molecule has 9 heavy (non-hydrogen) atoms. The second-order valence-electron chi connectivity index (χ2n) is 1.43. The van der Waals surface area contributed by atoms with Gasteiger partial charge in [-0.15, -0.1) is 0 Å². The maximum Gasteiger partial charge on any atom is 0.298 e. The van der Waals surface area contributed by atoms with Crippen molar-refractivity contribution in [3.05, 3.63) is 0 Å². The van der Waals surface area contributed by atoms with E-state index in [0.29, 0.717) is 0 Å². The lowest BCUT2D eigenvalue weighted by Crippen LogP contribution is -2.53. The van der Waals surface area contributed by atoms with E-state index in [2.05, 4.69) is 11.5 Å². The summed E-state index contributed by atoms with van der Waals surface area (Å²) < 4.78 is 34.4. The van der Waals surface area contributed by atoms with Crippen LogP contribution in [-0.2, 0) is 4.79 Å². The fourth-order valence-electron chi connectivity index (χ4n) is 0.108. The molecule has 0 rings (SSSR count). The minimum absolute atomic E-state index is 1.86. The van der Waals surface area contributed by atoms with Crippen molar-refractivity contribution in [2.24, 2.45) is 11.5 Å². The van der Waals surface area contributed by atoms with E-state index < -0.39 is 18.1 Å². The molecule has 0 spiro atoms. The van der Waals surface area contributed by atoms with Crippen LogP contribution in [0, 0.1) is 0 Å². The number of primary amides is 1. The Morgan fingerprint density at radius 2 is 1.89 bits per heavy atom. The van der Waals surface area contributed by atoms with Crippen LogP contribution in [0.4, 0.5) is 13.2 Å². The first kappa shape index (κ1) is 8.22. The number of halogens is 3. The molecule has 0 saturated carbocycles. The second-order valence-corrected chi connectivity index (χ2v) is 1.43. The van der Waals surface area contributed by atoms with Gasteiger partial charge in [-0.2, -0.15) is 0 Å². The molecule has 1 amide bonds. The summed E-state index contributed by atoms with van der Waals surface area (Å²) in [6.07, 6.45) is -3.57. The van der Waals surface area contributed by atoms with Crippen molar-refractivity contribution in [3.8, 4) is 0 Å². The molecule has 0 aliphatic carbocycles. The van der Waals surface area contributed by atoms with E-state index in [0.717, 1.165) is 0 Å². The fraction of sp³-hybridized carbons (Fsp3) is 0.667. The molecule has 1 atom stereocenters. The average Bonchev–Trinajstić information content (AvgIpc) is 1.65. The number of carbonyl (C=O) groups excluding carboxylic acids is 1. The van der Waals surface area contributed by atoms with E-state index in [1.807, 2.05) is 0 Å². The molecule has 0 fully saturated rings. The summed E-state index contributed by atoms with van der Waals surface area (Å²) in [4.78, 5) is 9.70. The van der Waals surface area contributed by atoms with E-state index in [4.69, 9.17) is 0 Å². The zero-order valence-corrected chi connectivity index (χ0v) is 4.27. The van der Waals surface area contributed by atoms with Crippen LogP contribution in [0.3, 0.4) is 0 Å². The minimum Gasteiger partial charge on any atom is -0.365 e. The molecule has 0 heterocycles. The van der Waals surface area contributed by atoms with Crippen molar-refractivity contribution in [3.63, 3.8) is 0 Å². The molecule has 0 aromatic rings. The SMILES string of the molecule is NC(=O)C(N)(F)C(F)F. The summed E-state index contributed by atoms with van der Waals surface area (Å²) in [5, 5.41) is 0. The molecule has 0 bridgehead atoms. The average molecular weight is 142 g/mol. The van der Waals surface area contributed by atoms with Crippen molar-refractivity contribution < 1.29 is 18.0 Å². The number of carbonyl (C=O) groups is 1. The second kappa shape index (κ2) is 2.22. The third kappa shape index (κ3) is 1.56. The summed E-state index contributed by atoms with van der Waals surface area (Å²) in [6.45, 7) is 0. The minimum atomic E-state index is -3.69. The molecule has 0 aromatic carbocycles.